The van der Waals surface area contributed by atoms with Crippen LogP contribution in [0.3, 0.4) is 0 Å². The van der Waals surface area contributed by atoms with Crippen molar-refractivity contribution in [2.24, 2.45) is 0 Å². The van der Waals surface area contributed by atoms with Crippen LogP contribution in [0.15, 0.2) is 48.5 Å². The lowest BCUT2D eigenvalue weighted by molar-refractivity contribution is -0.139. The van der Waals surface area contributed by atoms with Crippen LogP contribution in [-0.4, -0.2) is 50.0 Å². The molecule has 2 aromatic carbocycles. The molecule has 3 rings (SSSR count). The normalized spacial score (nSPS) is 15.1. The van der Waals surface area contributed by atoms with E-state index in [1.165, 1.54) is 17.0 Å². The molecule has 0 spiro atoms. The Kier molecular flexibility index (Phi) is 8.30. The van der Waals surface area contributed by atoms with Gasteiger partial charge in [0.25, 0.3) is 0 Å². The molecule has 0 saturated heterocycles. The predicted octanol–water partition coefficient (Wildman–Crippen LogP) is 3.38. The molecule has 1 N–H and O–H groups in total. The lowest BCUT2D eigenvalue weighted by atomic mass is 10.1. The summed E-state index contributed by atoms with van der Waals surface area (Å²) in [5.74, 6) is -1.30. The number of hydrogen-bond acceptors (Lipinski definition) is 4. The molecule has 0 radical (unpaired) electrons. The van der Waals surface area contributed by atoms with Crippen molar-refractivity contribution >= 4 is 27.5 Å². The number of carbonyl (C=O) groups excluding carboxylic acids is 2. The van der Waals surface area contributed by atoms with Gasteiger partial charge in [-0.15, -0.1) is 0 Å². The molecule has 1 fully saturated rings. The number of nitrogens with one attached hydrogen (secondary N) is 1. The van der Waals surface area contributed by atoms with Gasteiger partial charge in [-0.3, -0.25) is 13.9 Å². The van der Waals surface area contributed by atoms with Gasteiger partial charge >= 0.3 is 0 Å². The first-order valence-electron chi connectivity index (χ1n) is 11.4. The number of nitrogens with zero attached hydrogens (tertiary/aromatic N) is 2. The zero-order valence-corrected chi connectivity index (χ0v) is 20.6. The fourth-order valence-corrected chi connectivity index (χ4v) is 5.02. The third-order valence-corrected chi connectivity index (χ3v) is 7.41. The van der Waals surface area contributed by atoms with E-state index in [-0.39, 0.29) is 24.2 Å². The van der Waals surface area contributed by atoms with Gasteiger partial charge < -0.3 is 10.2 Å². The van der Waals surface area contributed by atoms with Gasteiger partial charge in [0.1, 0.15) is 18.4 Å². The van der Waals surface area contributed by atoms with Gasteiger partial charge in [-0.25, -0.2) is 12.8 Å². The summed E-state index contributed by atoms with van der Waals surface area (Å²) in [6.07, 6.45) is 4.94. The molecule has 2 aromatic rings. The van der Waals surface area contributed by atoms with Gasteiger partial charge in [0.2, 0.25) is 21.8 Å². The van der Waals surface area contributed by atoms with Crippen molar-refractivity contribution in [2.75, 3.05) is 17.1 Å². The molecule has 1 saturated carbocycles. The zero-order chi connectivity index (χ0) is 24.9. The monoisotopic (exact) mass is 489 g/mol. The van der Waals surface area contributed by atoms with Gasteiger partial charge in [0.05, 0.1) is 11.9 Å². The molecule has 0 unspecified atom stereocenters. The fourth-order valence-electron chi connectivity index (χ4n) is 4.17. The Morgan fingerprint density at radius 3 is 2.29 bits per heavy atom. The summed E-state index contributed by atoms with van der Waals surface area (Å²) in [6.45, 7) is 3.23. The van der Waals surface area contributed by atoms with Gasteiger partial charge in [-0.05, 0) is 62.1 Å². The standard InChI is InChI=1S/C25H32FN3O4S/c1-18-8-4-5-9-20(18)16-28(19(2)25(31)27-22-10-6-7-11-22)24(30)17-29(34(3,32)33)23-14-12-21(26)13-15-23/h4-5,8-9,12-15,19,22H,6-7,10-11,16-17H2,1-3H3,(H,27,31)/t19-/m1/s1. The zero-order valence-electron chi connectivity index (χ0n) is 19.8. The van der Waals surface area contributed by atoms with Gasteiger partial charge in [0.15, 0.2) is 0 Å². The van der Waals surface area contributed by atoms with E-state index in [0.717, 1.165) is 59.5 Å². The van der Waals surface area contributed by atoms with E-state index in [2.05, 4.69) is 5.32 Å². The van der Waals surface area contributed by atoms with Crippen LogP contribution >= 0.6 is 0 Å². The minimum Gasteiger partial charge on any atom is -0.352 e. The van der Waals surface area contributed by atoms with E-state index in [4.69, 9.17) is 0 Å². The fraction of sp³-hybridized carbons (Fsp3) is 0.440. The first kappa shape index (κ1) is 25.7. The van der Waals surface area contributed by atoms with Crippen LogP contribution in [0.1, 0.15) is 43.7 Å². The second-order valence-corrected chi connectivity index (χ2v) is 10.8. The summed E-state index contributed by atoms with van der Waals surface area (Å²) in [5.41, 5.74) is 2.00. The number of hydrogen-bond donors (Lipinski definition) is 1. The number of amides is 2. The number of carbonyl (C=O) groups is 2. The van der Waals surface area contributed by atoms with Crippen LogP contribution in [0.5, 0.6) is 0 Å². The van der Waals surface area contributed by atoms with Crippen LogP contribution in [0.2, 0.25) is 0 Å². The maximum Gasteiger partial charge on any atom is 0.244 e. The molecule has 2 amide bonds. The van der Waals surface area contributed by atoms with Crippen molar-refractivity contribution < 1.29 is 22.4 Å². The summed E-state index contributed by atoms with van der Waals surface area (Å²) >= 11 is 0. The third-order valence-electron chi connectivity index (χ3n) is 6.26. The molecule has 0 aromatic heterocycles. The van der Waals surface area contributed by atoms with E-state index in [9.17, 15) is 22.4 Å². The van der Waals surface area contributed by atoms with E-state index in [0.29, 0.717) is 0 Å². The second kappa shape index (κ2) is 11.0. The average molecular weight is 490 g/mol. The van der Waals surface area contributed by atoms with E-state index < -0.39 is 34.3 Å². The van der Waals surface area contributed by atoms with Crippen LogP contribution in [0.25, 0.3) is 0 Å². The second-order valence-electron chi connectivity index (χ2n) is 8.86. The molecule has 0 heterocycles. The van der Waals surface area contributed by atoms with Crippen LogP contribution in [0, 0.1) is 12.7 Å². The molecule has 9 heteroatoms. The third kappa shape index (κ3) is 6.56. The van der Waals surface area contributed by atoms with Crippen molar-refractivity contribution in [2.45, 2.75) is 58.2 Å². The molecule has 7 nitrogen and oxygen atoms in total. The highest BCUT2D eigenvalue weighted by molar-refractivity contribution is 7.92. The lowest BCUT2D eigenvalue weighted by Gasteiger charge is -2.32. The molecule has 34 heavy (non-hydrogen) atoms. The lowest BCUT2D eigenvalue weighted by Crippen LogP contribution is -2.52. The smallest absolute Gasteiger partial charge is 0.244 e. The Hall–Kier alpha value is -2.94. The van der Waals surface area contributed by atoms with Crippen molar-refractivity contribution in [3.8, 4) is 0 Å². The SMILES string of the molecule is Cc1ccccc1CN(C(=O)CN(c1ccc(F)cc1)S(C)(=O)=O)[C@H](C)C(=O)NC1CCCC1. The first-order valence-corrected chi connectivity index (χ1v) is 13.3. The van der Waals surface area contributed by atoms with Crippen LogP contribution < -0.4 is 9.62 Å². The summed E-state index contributed by atoms with van der Waals surface area (Å²) in [6, 6.07) is 11.7. The molecular weight excluding hydrogens is 457 g/mol. The van der Waals surface area contributed by atoms with Crippen LogP contribution in [0.4, 0.5) is 10.1 Å². The van der Waals surface area contributed by atoms with Gasteiger partial charge in [0, 0.05) is 12.6 Å². The highest BCUT2D eigenvalue weighted by Crippen LogP contribution is 2.21. The Morgan fingerprint density at radius 1 is 1.09 bits per heavy atom. The number of halogens is 1. The quantitative estimate of drug-likeness (QED) is 0.585. The summed E-state index contributed by atoms with van der Waals surface area (Å²) in [4.78, 5) is 27.9. The average Bonchev–Trinajstić information content (AvgIpc) is 3.29. The van der Waals surface area contributed by atoms with Crippen molar-refractivity contribution in [1.82, 2.24) is 10.2 Å². The predicted molar refractivity (Wildman–Crippen MR) is 130 cm³/mol. The summed E-state index contributed by atoms with van der Waals surface area (Å²) in [7, 11) is -3.84. The number of sulfonamides is 1. The number of anilines is 1. The first-order chi connectivity index (χ1) is 16.1. The minimum atomic E-state index is -3.84. The minimum absolute atomic E-state index is 0.0945. The Bertz CT molecular complexity index is 1120. The number of benzene rings is 2. The molecule has 0 bridgehead atoms. The Balaban J connectivity index is 1.88. The molecular formula is C25H32FN3O4S. The number of rotatable bonds is 9. The topological polar surface area (TPSA) is 86.8 Å². The number of aryl methyl sites for hydroxylation is 1. The Labute approximate surface area is 201 Å². The van der Waals surface area contributed by atoms with Gasteiger partial charge in [-0.2, -0.15) is 0 Å². The van der Waals surface area contributed by atoms with Crippen LogP contribution in [-0.2, 0) is 26.2 Å². The largest absolute Gasteiger partial charge is 0.352 e. The van der Waals surface area contributed by atoms with E-state index in [1.807, 2.05) is 31.2 Å². The van der Waals surface area contributed by atoms with Gasteiger partial charge in [-0.1, -0.05) is 37.1 Å². The molecule has 184 valence electrons. The summed E-state index contributed by atoms with van der Waals surface area (Å²) in [5, 5.41) is 3.03. The maximum absolute atomic E-state index is 13.5. The highest BCUT2D eigenvalue weighted by atomic mass is 32.2. The van der Waals surface area contributed by atoms with Crippen molar-refractivity contribution in [3.63, 3.8) is 0 Å². The maximum atomic E-state index is 13.5. The van der Waals surface area contributed by atoms with Crippen molar-refractivity contribution in [3.05, 3.63) is 65.5 Å². The molecule has 1 atom stereocenters. The summed E-state index contributed by atoms with van der Waals surface area (Å²) < 4.78 is 39.3. The highest BCUT2D eigenvalue weighted by Gasteiger charge is 2.31. The molecule has 1 aliphatic rings. The van der Waals surface area contributed by atoms with Crippen molar-refractivity contribution in [1.29, 1.82) is 0 Å². The van der Waals surface area contributed by atoms with E-state index >= 15 is 0 Å². The Morgan fingerprint density at radius 2 is 1.71 bits per heavy atom. The van der Waals surface area contributed by atoms with E-state index in [1.54, 1.807) is 6.92 Å². The molecule has 0 aliphatic heterocycles. The molecule has 1 aliphatic carbocycles.